The van der Waals surface area contributed by atoms with Gasteiger partial charge in [-0.25, -0.2) is 27.2 Å². The number of hydrogen-bond acceptors (Lipinski definition) is 6. The van der Waals surface area contributed by atoms with E-state index in [0.717, 1.165) is 32.6 Å². The molecule has 0 radical (unpaired) electrons. The SMILES string of the molecule is COC(=O)C1=C(C(=O)OC)N(c2c(F)c(F)c(C(N)=O)c(F)c2F)C=CC=C1. The van der Waals surface area contributed by atoms with E-state index in [1.165, 1.54) is 6.08 Å². The third-order valence-corrected chi connectivity index (χ3v) is 3.62. The van der Waals surface area contributed by atoms with Gasteiger partial charge in [0.1, 0.15) is 16.9 Å². The van der Waals surface area contributed by atoms with Crippen LogP contribution in [0.1, 0.15) is 10.4 Å². The van der Waals surface area contributed by atoms with Crippen LogP contribution in [0.4, 0.5) is 23.2 Å². The van der Waals surface area contributed by atoms with Crippen LogP contribution in [0.25, 0.3) is 0 Å². The zero-order valence-electron chi connectivity index (χ0n) is 14.4. The summed E-state index contributed by atoms with van der Waals surface area (Å²) in [7, 11) is 1.88. The number of methoxy groups -OCH3 is 2. The highest BCUT2D eigenvalue weighted by molar-refractivity contribution is 6.05. The fourth-order valence-corrected chi connectivity index (χ4v) is 2.38. The molecule has 7 nitrogen and oxygen atoms in total. The topological polar surface area (TPSA) is 98.9 Å². The average molecular weight is 400 g/mol. The van der Waals surface area contributed by atoms with Crippen molar-refractivity contribution in [3.05, 3.63) is 64.5 Å². The van der Waals surface area contributed by atoms with Crippen LogP contribution in [-0.2, 0) is 19.1 Å². The number of hydrogen-bond donors (Lipinski definition) is 1. The summed E-state index contributed by atoms with van der Waals surface area (Å²) in [6, 6.07) is 0. The smallest absolute Gasteiger partial charge is 0.355 e. The maximum absolute atomic E-state index is 14.6. The van der Waals surface area contributed by atoms with Gasteiger partial charge in [0.15, 0.2) is 23.3 Å². The van der Waals surface area contributed by atoms with Crippen LogP contribution < -0.4 is 10.6 Å². The number of halogens is 4. The van der Waals surface area contributed by atoms with Crippen LogP contribution >= 0.6 is 0 Å². The largest absolute Gasteiger partial charge is 0.465 e. The highest BCUT2D eigenvalue weighted by Gasteiger charge is 2.35. The van der Waals surface area contributed by atoms with Gasteiger partial charge in [-0.2, -0.15) is 0 Å². The number of carbonyl (C=O) groups excluding carboxylic acids is 3. The van der Waals surface area contributed by atoms with Gasteiger partial charge in [-0.1, -0.05) is 6.08 Å². The Bertz CT molecular complexity index is 940. The molecular formula is C17H12F4N2O5. The van der Waals surface area contributed by atoms with Crippen molar-refractivity contribution in [2.45, 2.75) is 0 Å². The Morgan fingerprint density at radius 2 is 1.43 bits per heavy atom. The van der Waals surface area contributed by atoms with Gasteiger partial charge in [0.2, 0.25) is 0 Å². The van der Waals surface area contributed by atoms with E-state index in [2.05, 4.69) is 9.47 Å². The molecule has 0 spiro atoms. The molecule has 0 saturated heterocycles. The molecule has 1 aliphatic rings. The molecule has 2 N–H and O–H groups in total. The molecule has 1 aromatic rings. The van der Waals surface area contributed by atoms with Crippen molar-refractivity contribution in [2.75, 3.05) is 19.1 Å². The molecule has 148 valence electrons. The number of esters is 2. The van der Waals surface area contributed by atoms with Gasteiger partial charge in [0.25, 0.3) is 5.91 Å². The average Bonchev–Trinajstić information content (AvgIpc) is 2.88. The third kappa shape index (κ3) is 3.33. The maximum atomic E-state index is 14.6. The van der Waals surface area contributed by atoms with E-state index in [-0.39, 0.29) is 0 Å². The van der Waals surface area contributed by atoms with E-state index in [0.29, 0.717) is 4.90 Å². The number of carbonyl (C=O) groups is 3. The molecule has 1 aromatic carbocycles. The first kappa shape index (κ1) is 20.7. The first-order chi connectivity index (χ1) is 13.2. The molecule has 0 bridgehead atoms. The van der Waals surface area contributed by atoms with Crippen LogP contribution in [0.2, 0.25) is 0 Å². The zero-order chi connectivity index (χ0) is 21.2. The van der Waals surface area contributed by atoms with Crippen LogP contribution in [0, 0.1) is 23.3 Å². The number of primary amides is 1. The molecule has 0 fully saturated rings. The minimum absolute atomic E-state index is 0.361. The monoisotopic (exact) mass is 400 g/mol. The number of amides is 1. The Labute approximate surface area is 155 Å². The first-order valence-electron chi connectivity index (χ1n) is 7.38. The third-order valence-electron chi connectivity index (χ3n) is 3.62. The summed E-state index contributed by atoms with van der Waals surface area (Å²) in [5.74, 6) is -12.3. The number of allylic oxidation sites excluding steroid dienone is 2. The van der Waals surface area contributed by atoms with Crippen LogP contribution in [-0.4, -0.2) is 32.1 Å². The van der Waals surface area contributed by atoms with Gasteiger partial charge in [-0.05, 0) is 12.2 Å². The van der Waals surface area contributed by atoms with E-state index >= 15 is 0 Å². The highest BCUT2D eigenvalue weighted by Crippen LogP contribution is 2.35. The van der Waals surface area contributed by atoms with E-state index in [1.54, 1.807) is 0 Å². The summed E-state index contributed by atoms with van der Waals surface area (Å²) in [5, 5.41) is 0. The van der Waals surface area contributed by atoms with Gasteiger partial charge in [-0.3, -0.25) is 4.79 Å². The standard InChI is InChI=1S/C17H12F4N2O5/c1-27-16(25)7-5-3-4-6-23(13(7)17(26)28-2)14-11(20)9(18)8(15(22)24)10(19)12(14)21/h3-6H,1-2H3,(H2,22,24). The van der Waals surface area contributed by atoms with Gasteiger partial charge in [-0.15, -0.1) is 0 Å². The molecule has 2 rings (SSSR count). The lowest BCUT2D eigenvalue weighted by Crippen LogP contribution is -2.30. The number of ether oxygens (including phenoxy) is 2. The molecule has 0 aliphatic carbocycles. The molecule has 1 aliphatic heterocycles. The highest BCUT2D eigenvalue weighted by atomic mass is 19.2. The number of nitrogens with two attached hydrogens (primary N) is 1. The Kier molecular flexibility index (Phi) is 5.87. The van der Waals surface area contributed by atoms with Crippen LogP contribution in [0.5, 0.6) is 0 Å². The minimum Gasteiger partial charge on any atom is -0.465 e. The summed E-state index contributed by atoms with van der Waals surface area (Å²) in [5.41, 5.74) is 0.397. The number of rotatable bonds is 4. The van der Waals surface area contributed by atoms with Crippen molar-refractivity contribution in [1.82, 2.24) is 0 Å². The van der Waals surface area contributed by atoms with Gasteiger partial charge in [0.05, 0.1) is 19.8 Å². The number of nitrogens with zero attached hydrogens (tertiary/aromatic N) is 1. The van der Waals surface area contributed by atoms with Crippen molar-refractivity contribution in [3.8, 4) is 0 Å². The predicted molar refractivity (Wildman–Crippen MR) is 86.6 cm³/mol. The van der Waals surface area contributed by atoms with Crippen LogP contribution in [0.3, 0.4) is 0 Å². The lowest BCUT2D eigenvalue weighted by molar-refractivity contribution is -0.139. The molecule has 1 amide bonds. The Morgan fingerprint density at radius 1 is 0.893 bits per heavy atom. The quantitative estimate of drug-likeness (QED) is 0.470. The van der Waals surface area contributed by atoms with Crippen molar-refractivity contribution >= 4 is 23.5 Å². The Hall–Kier alpha value is -3.63. The predicted octanol–water partition coefficient (Wildman–Crippen LogP) is 1.83. The van der Waals surface area contributed by atoms with E-state index < -0.39 is 63.6 Å². The van der Waals surface area contributed by atoms with Gasteiger partial charge < -0.3 is 20.1 Å². The molecule has 1 heterocycles. The number of benzene rings is 1. The maximum Gasteiger partial charge on any atom is 0.355 e. The van der Waals surface area contributed by atoms with E-state index in [4.69, 9.17) is 5.73 Å². The minimum atomic E-state index is -2.07. The second kappa shape index (κ2) is 7.94. The van der Waals surface area contributed by atoms with Crippen molar-refractivity contribution < 1.29 is 41.4 Å². The first-order valence-corrected chi connectivity index (χ1v) is 7.38. The van der Waals surface area contributed by atoms with Crippen molar-refractivity contribution in [2.24, 2.45) is 5.73 Å². The summed E-state index contributed by atoms with van der Waals surface area (Å²) in [6.45, 7) is 0. The fourth-order valence-electron chi connectivity index (χ4n) is 2.38. The van der Waals surface area contributed by atoms with E-state index in [1.807, 2.05) is 0 Å². The molecule has 0 saturated carbocycles. The van der Waals surface area contributed by atoms with Gasteiger partial charge >= 0.3 is 11.9 Å². The van der Waals surface area contributed by atoms with Crippen LogP contribution in [0.15, 0.2) is 35.7 Å². The molecule has 0 atom stereocenters. The Balaban J connectivity index is 2.90. The fraction of sp³-hybridized carbons (Fsp3) is 0.118. The summed E-state index contributed by atoms with van der Waals surface area (Å²) >= 11 is 0. The second-order valence-corrected chi connectivity index (χ2v) is 5.16. The lowest BCUT2D eigenvalue weighted by atomic mass is 10.1. The van der Waals surface area contributed by atoms with Crippen molar-refractivity contribution in [1.29, 1.82) is 0 Å². The Morgan fingerprint density at radius 3 is 1.89 bits per heavy atom. The second-order valence-electron chi connectivity index (χ2n) is 5.16. The summed E-state index contributed by atoms with van der Waals surface area (Å²) < 4.78 is 66.5. The lowest BCUT2D eigenvalue weighted by Gasteiger charge is -2.24. The molecule has 11 heteroatoms. The zero-order valence-corrected chi connectivity index (χ0v) is 14.4. The van der Waals surface area contributed by atoms with Gasteiger partial charge in [0, 0.05) is 6.20 Å². The molecule has 28 heavy (non-hydrogen) atoms. The molecular weight excluding hydrogens is 388 g/mol. The number of anilines is 1. The summed E-state index contributed by atoms with van der Waals surface area (Å²) in [6.07, 6.45) is 4.24. The normalized spacial score (nSPS) is 13.4. The summed E-state index contributed by atoms with van der Waals surface area (Å²) in [4.78, 5) is 35.7. The molecule has 0 aromatic heterocycles. The molecule has 0 unspecified atom stereocenters. The van der Waals surface area contributed by atoms with Crippen molar-refractivity contribution in [3.63, 3.8) is 0 Å². The van der Waals surface area contributed by atoms with E-state index in [9.17, 15) is 31.9 Å².